The number of rotatable bonds is 8. The van der Waals surface area contributed by atoms with Crippen molar-refractivity contribution >= 4 is 0 Å². The minimum absolute atomic E-state index is 0.317. The largest absolute Gasteiger partial charge is 0.390 e. The zero-order valence-electron chi connectivity index (χ0n) is 10.7. The van der Waals surface area contributed by atoms with Crippen molar-refractivity contribution in [1.82, 2.24) is 15.6 Å². The van der Waals surface area contributed by atoms with Crippen molar-refractivity contribution in [1.29, 1.82) is 0 Å². The zero-order valence-corrected chi connectivity index (χ0v) is 10.7. The van der Waals surface area contributed by atoms with Crippen molar-refractivity contribution in [2.24, 2.45) is 5.73 Å². The van der Waals surface area contributed by atoms with Gasteiger partial charge in [0.05, 0.1) is 17.4 Å². The van der Waals surface area contributed by atoms with Gasteiger partial charge in [0.25, 0.3) is 0 Å². The number of likely N-dealkylation sites (N-methyl/N-ethyl adjacent to an activating group) is 1. The second-order valence-corrected chi connectivity index (χ2v) is 3.88. The van der Waals surface area contributed by atoms with Crippen molar-refractivity contribution in [3.8, 4) is 0 Å². The fourth-order valence-electron chi connectivity index (χ4n) is 1.45. The van der Waals surface area contributed by atoms with Crippen molar-refractivity contribution in [2.75, 3.05) is 19.6 Å². The molecule has 0 aliphatic rings. The van der Waals surface area contributed by atoms with Crippen molar-refractivity contribution in [3.63, 3.8) is 0 Å². The van der Waals surface area contributed by atoms with Gasteiger partial charge in [-0.3, -0.25) is 4.98 Å². The van der Waals surface area contributed by atoms with Gasteiger partial charge in [-0.25, -0.2) is 4.39 Å². The number of halogens is 1. The average Bonchev–Trinajstić information content (AvgIpc) is 2.42. The molecule has 0 bridgehead atoms. The Morgan fingerprint density at radius 1 is 1.44 bits per heavy atom. The molecule has 0 fully saturated rings. The monoisotopic (exact) mass is 252 g/mol. The van der Waals surface area contributed by atoms with Crippen LogP contribution in [0.1, 0.15) is 24.4 Å². The van der Waals surface area contributed by atoms with E-state index in [1.807, 2.05) is 12.3 Å². The maximum atomic E-state index is 12.5. The molecule has 1 rings (SSSR count). The summed E-state index contributed by atoms with van der Waals surface area (Å²) in [6.45, 7) is 4.21. The van der Waals surface area contributed by atoms with Crippen molar-refractivity contribution < 1.29 is 4.39 Å². The summed E-state index contributed by atoms with van der Waals surface area (Å²) in [7, 11) is 0. The molecule has 0 saturated heterocycles. The summed E-state index contributed by atoms with van der Waals surface area (Å²) < 4.78 is 12.5. The van der Waals surface area contributed by atoms with Crippen LogP contribution in [0.3, 0.4) is 0 Å². The van der Waals surface area contributed by atoms with E-state index in [1.54, 1.807) is 18.2 Å². The Bertz CT molecular complexity index is 368. The van der Waals surface area contributed by atoms with Gasteiger partial charge < -0.3 is 16.4 Å². The Kier molecular flexibility index (Phi) is 6.98. The van der Waals surface area contributed by atoms with Gasteiger partial charge in [-0.05, 0) is 31.0 Å². The third-order valence-corrected chi connectivity index (χ3v) is 2.42. The Hall–Kier alpha value is -1.46. The van der Waals surface area contributed by atoms with Gasteiger partial charge in [-0.2, -0.15) is 0 Å². The summed E-state index contributed by atoms with van der Waals surface area (Å²) in [6.07, 6.45) is 3.63. The van der Waals surface area contributed by atoms with Crippen LogP contribution in [0.5, 0.6) is 0 Å². The number of aromatic nitrogens is 1. The smallest absolute Gasteiger partial charge is 0.131 e. The first kappa shape index (κ1) is 14.6. The van der Waals surface area contributed by atoms with E-state index in [1.165, 1.54) is 0 Å². The van der Waals surface area contributed by atoms with Crippen LogP contribution in [0.15, 0.2) is 30.5 Å². The summed E-state index contributed by atoms with van der Waals surface area (Å²) in [6, 6.07) is 4.90. The van der Waals surface area contributed by atoms with Gasteiger partial charge in [0.1, 0.15) is 6.67 Å². The standard InChI is InChI=1S/C13H21FN4/c1-2-16-8-9-17-7-6-12(15)13-5-3-4-11(10-14)18-13/h3-7,12,16-17H,2,8-10,15H2,1H3/b7-6-. The molecule has 4 nitrogen and oxygen atoms in total. The lowest BCUT2D eigenvalue weighted by Crippen LogP contribution is -2.24. The maximum Gasteiger partial charge on any atom is 0.131 e. The number of nitrogens with zero attached hydrogens (tertiary/aromatic N) is 1. The van der Waals surface area contributed by atoms with Crippen LogP contribution >= 0.6 is 0 Å². The molecule has 0 aliphatic heterocycles. The van der Waals surface area contributed by atoms with Gasteiger partial charge in [0.2, 0.25) is 0 Å². The second kappa shape index (κ2) is 8.60. The first-order valence-electron chi connectivity index (χ1n) is 6.16. The zero-order chi connectivity index (χ0) is 13.2. The van der Waals surface area contributed by atoms with Crippen LogP contribution in [-0.4, -0.2) is 24.6 Å². The Labute approximate surface area is 107 Å². The van der Waals surface area contributed by atoms with E-state index in [2.05, 4.69) is 22.5 Å². The number of nitrogens with one attached hydrogen (secondary N) is 2. The SMILES string of the molecule is CCNCCN/C=C\C(N)c1cccc(CF)n1. The van der Waals surface area contributed by atoms with E-state index >= 15 is 0 Å². The van der Waals surface area contributed by atoms with Crippen LogP contribution in [0.2, 0.25) is 0 Å². The summed E-state index contributed by atoms with van der Waals surface area (Å²) in [4.78, 5) is 4.13. The molecule has 1 atom stereocenters. The molecule has 0 spiro atoms. The van der Waals surface area contributed by atoms with Gasteiger partial charge >= 0.3 is 0 Å². The van der Waals surface area contributed by atoms with Crippen LogP contribution in [-0.2, 0) is 6.67 Å². The fourth-order valence-corrected chi connectivity index (χ4v) is 1.45. The molecule has 1 heterocycles. The minimum atomic E-state index is -0.564. The third-order valence-electron chi connectivity index (χ3n) is 2.42. The van der Waals surface area contributed by atoms with E-state index in [0.717, 1.165) is 19.6 Å². The molecular weight excluding hydrogens is 231 g/mol. The van der Waals surface area contributed by atoms with E-state index in [-0.39, 0.29) is 6.04 Å². The van der Waals surface area contributed by atoms with Crippen LogP contribution in [0, 0.1) is 0 Å². The van der Waals surface area contributed by atoms with Gasteiger partial charge in [0.15, 0.2) is 0 Å². The van der Waals surface area contributed by atoms with E-state index in [4.69, 9.17) is 5.73 Å². The van der Waals surface area contributed by atoms with E-state index in [0.29, 0.717) is 11.4 Å². The molecule has 18 heavy (non-hydrogen) atoms. The summed E-state index contributed by atoms with van der Waals surface area (Å²) in [5.74, 6) is 0. The van der Waals surface area contributed by atoms with E-state index < -0.39 is 6.67 Å². The molecule has 0 amide bonds. The summed E-state index contributed by atoms with van der Waals surface area (Å²) >= 11 is 0. The Morgan fingerprint density at radius 3 is 3.00 bits per heavy atom. The Balaban J connectivity index is 2.39. The number of pyridine rings is 1. The molecule has 0 aliphatic carbocycles. The number of hydrogen-bond donors (Lipinski definition) is 3. The minimum Gasteiger partial charge on any atom is -0.390 e. The number of hydrogen-bond acceptors (Lipinski definition) is 4. The van der Waals surface area contributed by atoms with Crippen molar-refractivity contribution in [3.05, 3.63) is 41.9 Å². The predicted octanol–water partition coefficient (Wildman–Crippen LogP) is 1.26. The number of alkyl halides is 1. The molecule has 1 unspecified atom stereocenters. The molecule has 0 aromatic carbocycles. The fraction of sp³-hybridized carbons (Fsp3) is 0.462. The summed E-state index contributed by atoms with van der Waals surface area (Å²) in [5.41, 5.74) is 7.02. The second-order valence-electron chi connectivity index (χ2n) is 3.88. The molecular formula is C13H21FN4. The number of nitrogens with two attached hydrogens (primary N) is 1. The van der Waals surface area contributed by atoms with Crippen LogP contribution in [0.4, 0.5) is 4.39 Å². The van der Waals surface area contributed by atoms with Crippen LogP contribution in [0.25, 0.3) is 0 Å². The molecule has 4 N–H and O–H groups in total. The van der Waals surface area contributed by atoms with Gasteiger partial charge in [-0.15, -0.1) is 0 Å². The molecule has 0 radical (unpaired) electrons. The van der Waals surface area contributed by atoms with E-state index in [9.17, 15) is 4.39 Å². The lowest BCUT2D eigenvalue weighted by molar-refractivity contribution is 0.474. The predicted molar refractivity (Wildman–Crippen MR) is 71.7 cm³/mol. The van der Waals surface area contributed by atoms with Gasteiger partial charge in [0, 0.05) is 13.1 Å². The first-order chi connectivity index (χ1) is 8.77. The van der Waals surface area contributed by atoms with Crippen LogP contribution < -0.4 is 16.4 Å². The lowest BCUT2D eigenvalue weighted by atomic mass is 10.2. The maximum absolute atomic E-state index is 12.5. The topological polar surface area (TPSA) is 63.0 Å². The molecule has 5 heteroatoms. The molecule has 1 aromatic heterocycles. The quantitative estimate of drug-likeness (QED) is 0.610. The molecule has 0 saturated carbocycles. The first-order valence-corrected chi connectivity index (χ1v) is 6.16. The molecule has 100 valence electrons. The summed E-state index contributed by atoms with van der Waals surface area (Å²) in [5, 5.41) is 6.33. The van der Waals surface area contributed by atoms with Gasteiger partial charge in [-0.1, -0.05) is 13.0 Å². The normalized spacial score (nSPS) is 12.8. The lowest BCUT2D eigenvalue weighted by Gasteiger charge is -2.07. The highest BCUT2D eigenvalue weighted by Gasteiger charge is 2.04. The highest BCUT2D eigenvalue weighted by Crippen LogP contribution is 2.09. The highest BCUT2D eigenvalue weighted by atomic mass is 19.1. The van der Waals surface area contributed by atoms with Crippen molar-refractivity contribution in [2.45, 2.75) is 19.6 Å². The Morgan fingerprint density at radius 2 is 2.28 bits per heavy atom. The third kappa shape index (κ3) is 5.25. The highest BCUT2D eigenvalue weighted by molar-refractivity contribution is 5.17. The molecule has 1 aromatic rings. The average molecular weight is 252 g/mol.